The molecule has 0 aliphatic heterocycles. The molecular weight excluding hydrogens is 140 g/mol. The lowest BCUT2D eigenvalue weighted by atomic mass is 10.6. The summed E-state index contributed by atoms with van der Waals surface area (Å²) in [5.74, 6) is 0. The van der Waals surface area contributed by atoms with Gasteiger partial charge in [0.2, 0.25) is 6.33 Å². The zero-order valence-electron chi connectivity index (χ0n) is 6.77. The van der Waals surface area contributed by atoms with Crippen LogP contribution in [0.15, 0.2) is 31.4 Å². The largest absolute Gasteiger partial charge is 0.870 e. The molecule has 0 bridgehead atoms. The minimum Gasteiger partial charge on any atom is -0.870 e. The number of hydrogen-bond donors (Lipinski definition) is 0. The molecule has 0 aromatic carbocycles. The molecular formula is C8H14N2O. The maximum Gasteiger partial charge on any atom is 0.244 e. The van der Waals surface area contributed by atoms with Crippen molar-refractivity contribution >= 4 is 0 Å². The summed E-state index contributed by atoms with van der Waals surface area (Å²) in [6.07, 6.45) is 8.07. The van der Waals surface area contributed by atoms with Crippen LogP contribution in [0.1, 0.15) is 6.92 Å². The van der Waals surface area contributed by atoms with Crippen molar-refractivity contribution in [1.29, 1.82) is 0 Å². The van der Waals surface area contributed by atoms with Crippen molar-refractivity contribution in [2.24, 2.45) is 0 Å². The van der Waals surface area contributed by atoms with E-state index in [2.05, 4.69) is 35.2 Å². The van der Waals surface area contributed by atoms with Gasteiger partial charge in [0.05, 0.1) is 6.54 Å². The monoisotopic (exact) mass is 154 g/mol. The van der Waals surface area contributed by atoms with Crippen LogP contribution >= 0.6 is 0 Å². The van der Waals surface area contributed by atoms with Crippen LogP contribution in [0.5, 0.6) is 0 Å². The van der Waals surface area contributed by atoms with E-state index >= 15 is 0 Å². The molecule has 1 aromatic heterocycles. The topological polar surface area (TPSA) is 38.8 Å². The maximum absolute atomic E-state index is 3.66. The third kappa shape index (κ3) is 2.55. The van der Waals surface area contributed by atoms with Crippen molar-refractivity contribution in [2.45, 2.75) is 20.0 Å². The molecule has 0 saturated carbocycles. The molecule has 0 aliphatic carbocycles. The third-order valence-electron chi connectivity index (χ3n) is 1.45. The molecule has 0 saturated heterocycles. The van der Waals surface area contributed by atoms with Gasteiger partial charge in [-0.2, -0.15) is 0 Å². The van der Waals surface area contributed by atoms with Crippen LogP contribution in [-0.2, 0) is 13.1 Å². The summed E-state index contributed by atoms with van der Waals surface area (Å²) in [5.41, 5.74) is 0. The predicted octanol–water partition coefficient (Wildman–Crippen LogP) is 0.805. The molecule has 1 rings (SSSR count). The quantitative estimate of drug-likeness (QED) is 0.469. The molecule has 0 atom stereocenters. The third-order valence-corrected chi connectivity index (χ3v) is 1.45. The number of allylic oxidation sites excluding steroid dienone is 1. The molecule has 0 aliphatic rings. The van der Waals surface area contributed by atoms with Crippen LogP contribution in [0.4, 0.5) is 0 Å². The van der Waals surface area contributed by atoms with E-state index < -0.39 is 0 Å². The molecule has 3 nitrogen and oxygen atoms in total. The van der Waals surface area contributed by atoms with Crippen LogP contribution in [0.25, 0.3) is 0 Å². The number of nitrogens with zero attached hydrogens (tertiary/aromatic N) is 2. The van der Waals surface area contributed by atoms with E-state index in [4.69, 9.17) is 0 Å². The van der Waals surface area contributed by atoms with E-state index in [0.29, 0.717) is 0 Å². The van der Waals surface area contributed by atoms with Crippen molar-refractivity contribution in [1.82, 2.24) is 4.57 Å². The standard InChI is InChI=1S/C8H13N2.H2O/c1-3-5-10-7-6-9(4-2)8-10;/h3,6-8H,1,4-5H2,2H3;1H2/q+1;/p-1. The number of hydrogen-bond acceptors (Lipinski definition) is 1. The fourth-order valence-electron chi connectivity index (χ4n) is 0.883. The number of aryl methyl sites for hydroxylation is 1. The highest BCUT2D eigenvalue weighted by Gasteiger charge is 1.96. The van der Waals surface area contributed by atoms with Crippen LogP contribution in [0.2, 0.25) is 0 Å². The Morgan fingerprint density at radius 1 is 1.64 bits per heavy atom. The zero-order valence-corrected chi connectivity index (χ0v) is 6.77. The molecule has 11 heavy (non-hydrogen) atoms. The van der Waals surface area contributed by atoms with Crippen LogP contribution in [-0.4, -0.2) is 10.0 Å². The van der Waals surface area contributed by atoms with E-state index in [1.807, 2.05) is 12.3 Å². The summed E-state index contributed by atoms with van der Waals surface area (Å²) in [5, 5.41) is 0. The Hall–Kier alpha value is -1.09. The number of aromatic nitrogens is 2. The summed E-state index contributed by atoms with van der Waals surface area (Å²) in [4.78, 5) is 0. The van der Waals surface area contributed by atoms with Crippen LogP contribution in [0.3, 0.4) is 0 Å². The van der Waals surface area contributed by atoms with E-state index in [1.165, 1.54) is 0 Å². The first-order valence-corrected chi connectivity index (χ1v) is 3.52. The normalized spacial score (nSPS) is 8.82. The minimum absolute atomic E-state index is 0. The molecule has 1 N–H and O–H groups in total. The Bertz CT molecular complexity index is 218. The first kappa shape index (κ1) is 9.91. The first-order valence-electron chi connectivity index (χ1n) is 3.52. The second-order valence-electron chi connectivity index (χ2n) is 2.23. The second-order valence-corrected chi connectivity index (χ2v) is 2.23. The Morgan fingerprint density at radius 2 is 2.36 bits per heavy atom. The Balaban J connectivity index is 0.000001000. The second kappa shape index (κ2) is 4.68. The van der Waals surface area contributed by atoms with Gasteiger partial charge in [-0.3, -0.25) is 0 Å². The van der Waals surface area contributed by atoms with Gasteiger partial charge >= 0.3 is 0 Å². The highest BCUT2D eigenvalue weighted by molar-refractivity contribution is 4.66. The Labute approximate surface area is 66.9 Å². The van der Waals surface area contributed by atoms with Crippen molar-refractivity contribution in [3.05, 3.63) is 31.4 Å². The van der Waals surface area contributed by atoms with Crippen molar-refractivity contribution in [3.8, 4) is 0 Å². The highest BCUT2D eigenvalue weighted by Crippen LogP contribution is 1.82. The maximum atomic E-state index is 3.66. The van der Waals surface area contributed by atoms with Crippen molar-refractivity contribution < 1.29 is 10.0 Å². The van der Waals surface area contributed by atoms with Gasteiger partial charge in [0, 0.05) is 0 Å². The molecule has 0 unspecified atom stereocenters. The van der Waals surface area contributed by atoms with Gasteiger partial charge in [0.25, 0.3) is 0 Å². The molecule has 1 heterocycles. The average Bonchev–Trinajstić information content (AvgIpc) is 2.37. The minimum atomic E-state index is 0. The summed E-state index contributed by atoms with van der Waals surface area (Å²) in [6, 6.07) is 0. The van der Waals surface area contributed by atoms with Gasteiger partial charge in [0.15, 0.2) is 0 Å². The Morgan fingerprint density at radius 3 is 2.82 bits per heavy atom. The van der Waals surface area contributed by atoms with Gasteiger partial charge in [-0.1, -0.05) is 12.7 Å². The molecule has 0 spiro atoms. The van der Waals surface area contributed by atoms with E-state index in [9.17, 15) is 0 Å². The number of rotatable bonds is 3. The van der Waals surface area contributed by atoms with E-state index in [0.717, 1.165) is 13.1 Å². The van der Waals surface area contributed by atoms with Gasteiger partial charge in [-0.25, -0.2) is 9.13 Å². The first-order chi connectivity index (χ1) is 4.86. The van der Waals surface area contributed by atoms with Crippen LogP contribution in [0, 0.1) is 0 Å². The van der Waals surface area contributed by atoms with Gasteiger partial charge < -0.3 is 5.48 Å². The average molecular weight is 154 g/mol. The molecule has 62 valence electrons. The molecule has 1 aromatic rings. The summed E-state index contributed by atoms with van der Waals surface area (Å²) >= 11 is 0. The van der Waals surface area contributed by atoms with Gasteiger partial charge in [0.1, 0.15) is 18.9 Å². The van der Waals surface area contributed by atoms with Crippen molar-refractivity contribution in [2.75, 3.05) is 0 Å². The lowest BCUT2D eigenvalue weighted by Gasteiger charge is -1.85. The van der Waals surface area contributed by atoms with E-state index in [-0.39, 0.29) is 5.48 Å². The smallest absolute Gasteiger partial charge is 0.244 e. The zero-order chi connectivity index (χ0) is 7.40. The van der Waals surface area contributed by atoms with Crippen LogP contribution < -0.4 is 4.57 Å². The number of imidazole rings is 1. The SMILES string of the molecule is C=CC[n+]1ccn(CC)c1.[OH-]. The summed E-state index contributed by atoms with van der Waals surface area (Å²) in [6.45, 7) is 7.71. The molecule has 3 heteroatoms. The van der Waals surface area contributed by atoms with E-state index in [1.54, 1.807) is 0 Å². The van der Waals surface area contributed by atoms with Crippen molar-refractivity contribution in [3.63, 3.8) is 0 Å². The lowest BCUT2D eigenvalue weighted by Crippen LogP contribution is -2.29. The lowest BCUT2D eigenvalue weighted by molar-refractivity contribution is -0.686. The van der Waals surface area contributed by atoms with Gasteiger partial charge in [-0.05, 0) is 6.92 Å². The summed E-state index contributed by atoms with van der Waals surface area (Å²) < 4.78 is 4.22. The highest BCUT2D eigenvalue weighted by atomic mass is 16.0. The van der Waals surface area contributed by atoms with Gasteiger partial charge in [-0.15, -0.1) is 0 Å². The Kier molecular flexibility index (Phi) is 4.22. The molecule has 0 amide bonds. The summed E-state index contributed by atoms with van der Waals surface area (Å²) in [7, 11) is 0. The predicted molar refractivity (Wildman–Crippen MR) is 42.4 cm³/mol. The fraction of sp³-hybridized carbons (Fsp3) is 0.375. The fourth-order valence-corrected chi connectivity index (χ4v) is 0.883. The molecule has 0 radical (unpaired) electrons. The molecule has 0 fully saturated rings.